The fraction of sp³-hybridized carbons (Fsp3) is 0.471. The number of guanidine groups is 1. The molecular weight excluding hydrogens is 493 g/mol. The summed E-state index contributed by atoms with van der Waals surface area (Å²) in [6.45, 7) is 6.66. The van der Waals surface area contributed by atoms with Gasteiger partial charge in [-0.15, -0.1) is 34.2 Å². The predicted octanol–water partition coefficient (Wildman–Crippen LogP) is 0.992. The SMILES string of the molecule is CCNC(=NCCNS(=O)(=O)c1ccccc1)NCCn1cnnc1CC.I. The normalized spacial score (nSPS) is 11.7. The second-order valence-corrected chi connectivity index (χ2v) is 7.46. The molecule has 0 radical (unpaired) electrons. The van der Waals surface area contributed by atoms with Crippen LogP contribution in [-0.4, -0.2) is 55.3 Å². The van der Waals surface area contributed by atoms with E-state index in [-0.39, 0.29) is 35.4 Å². The van der Waals surface area contributed by atoms with Crippen molar-refractivity contribution in [1.29, 1.82) is 0 Å². The van der Waals surface area contributed by atoms with E-state index in [9.17, 15) is 8.42 Å². The first-order valence-electron chi connectivity index (χ1n) is 9.00. The van der Waals surface area contributed by atoms with Gasteiger partial charge in [0, 0.05) is 32.6 Å². The maximum Gasteiger partial charge on any atom is 0.240 e. The number of halogens is 1. The van der Waals surface area contributed by atoms with Gasteiger partial charge in [0.05, 0.1) is 11.4 Å². The number of rotatable bonds is 10. The number of nitrogens with zero attached hydrogens (tertiary/aromatic N) is 4. The molecule has 1 aromatic carbocycles. The van der Waals surface area contributed by atoms with E-state index in [1.54, 1.807) is 36.7 Å². The molecule has 1 aromatic heterocycles. The molecule has 0 amide bonds. The highest BCUT2D eigenvalue weighted by molar-refractivity contribution is 14.0. The van der Waals surface area contributed by atoms with Crippen LogP contribution in [0.15, 0.2) is 46.5 Å². The highest BCUT2D eigenvalue weighted by Gasteiger charge is 2.11. The zero-order chi connectivity index (χ0) is 19.5. The molecule has 2 aromatic rings. The molecular formula is C17H28IN7O2S. The molecule has 0 saturated carbocycles. The first-order valence-corrected chi connectivity index (χ1v) is 10.5. The van der Waals surface area contributed by atoms with Crippen molar-refractivity contribution >= 4 is 40.0 Å². The average molecular weight is 521 g/mol. The van der Waals surface area contributed by atoms with Gasteiger partial charge in [-0.25, -0.2) is 13.1 Å². The number of benzene rings is 1. The minimum Gasteiger partial charge on any atom is -0.357 e. The van der Waals surface area contributed by atoms with Crippen LogP contribution in [0.3, 0.4) is 0 Å². The van der Waals surface area contributed by atoms with Crippen LogP contribution in [0.4, 0.5) is 0 Å². The maximum atomic E-state index is 12.2. The van der Waals surface area contributed by atoms with Gasteiger partial charge in [0.25, 0.3) is 0 Å². The van der Waals surface area contributed by atoms with E-state index in [1.165, 1.54) is 0 Å². The minimum atomic E-state index is -3.50. The van der Waals surface area contributed by atoms with E-state index in [4.69, 9.17) is 0 Å². The summed E-state index contributed by atoms with van der Waals surface area (Å²) in [6.07, 6.45) is 2.54. The van der Waals surface area contributed by atoms with Crippen LogP contribution in [-0.2, 0) is 23.0 Å². The highest BCUT2D eigenvalue weighted by Crippen LogP contribution is 2.06. The second kappa shape index (κ2) is 12.7. The number of aryl methyl sites for hydroxylation is 1. The Balaban J connectivity index is 0.00000392. The van der Waals surface area contributed by atoms with Gasteiger partial charge in [-0.3, -0.25) is 4.99 Å². The molecule has 0 unspecified atom stereocenters. The lowest BCUT2D eigenvalue weighted by Gasteiger charge is -2.12. The van der Waals surface area contributed by atoms with Gasteiger partial charge < -0.3 is 15.2 Å². The number of aliphatic imine (C=N–C) groups is 1. The molecule has 0 aliphatic rings. The van der Waals surface area contributed by atoms with Crippen LogP contribution >= 0.6 is 24.0 Å². The Morgan fingerprint density at radius 1 is 1.14 bits per heavy atom. The van der Waals surface area contributed by atoms with Crippen LogP contribution in [0, 0.1) is 0 Å². The monoisotopic (exact) mass is 521 g/mol. The number of aromatic nitrogens is 3. The van der Waals surface area contributed by atoms with Crippen molar-refractivity contribution in [3.8, 4) is 0 Å². The second-order valence-electron chi connectivity index (χ2n) is 5.69. The van der Waals surface area contributed by atoms with Gasteiger partial charge in [0.2, 0.25) is 10.0 Å². The molecule has 0 spiro atoms. The van der Waals surface area contributed by atoms with Crippen molar-refractivity contribution in [3.63, 3.8) is 0 Å². The summed E-state index contributed by atoms with van der Waals surface area (Å²) in [4.78, 5) is 4.65. The van der Waals surface area contributed by atoms with Gasteiger partial charge in [-0.2, -0.15) is 0 Å². The van der Waals surface area contributed by atoms with Crippen molar-refractivity contribution in [2.75, 3.05) is 26.2 Å². The summed E-state index contributed by atoms with van der Waals surface area (Å²) in [6, 6.07) is 8.29. The Labute approximate surface area is 183 Å². The van der Waals surface area contributed by atoms with Crippen molar-refractivity contribution in [1.82, 2.24) is 30.1 Å². The molecule has 0 fully saturated rings. The standard InChI is InChI=1S/C17H27N7O2S.HI/c1-3-16-23-21-14-24(16)13-12-20-17(18-4-2)19-10-11-22-27(25,26)15-8-6-5-7-9-15;/h5-9,14,22H,3-4,10-13H2,1-2H3,(H2,18,19,20);1H. The van der Waals surface area contributed by atoms with E-state index >= 15 is 0 Å². The summed E-state index contributed by atoms with van der Waals surface area (Å²) >= 11 is 0. The van der Waals surface area contributed by atoms with Crippen molar-refractivity contribution in [2.45, 2.75) is 31.7 Å². The molecule has 156 valence electrons. The third-order valence-electron chi connectivity index (χ3n) is 3.73. The summed E-state index contributed by atoms with van der Waals surface area (Å²) in [5, 5.41) is 14.3. The lowest BCUT2D eigenvalue weighted by atomic mass is 10.4. The lowest BCUT2D eigenvalue weighted by molar-refractivity contribution is 0.582. The molecule has 0 saturated heterocycles. The van der Waals surface area contributed by atoms with Gasteiger partial charge in [0.15, 0.2) is 5.96 Å². The van der Waals surface area contributed by atoms with E-state index in [2.05, 4.69) is 30.5 Å². The Bertz CT molecular complexity index is 825. The quantitative estimate of drug-likeness (QED) is 0.186. The van der Waals surface area contributed by atoms with E-state index < -0.39 is 10.0 Å². The zero-order valence-corrected chi connectivity index (χ0v) is 19.3. The molecule has 3 N–H and O–H groups in total. The van der Waals surface area contributed by atoms with Crippen molar-refractivity contribution in [3.05, 3.63) is 42.5 Å². The average Bonchev–Trinajstić information content (AvgIpc) is 3.13. The topological polar surface area (TPSA) is 113 Å². The van der Waals surface area contributed by atoms with Crippen LogP contribution in [0.1, 0.15) is 19.7 Å². The number of hydrogen-bond donors (Lipinski definition) is 3. The third-order valence-corrected chi connectivity index (χ3v) is 5.21. The van der Waals surface area contributed by atoms with Crippen LogP contribution < -0.4 is 15.4 Å². The van der Waals surface area contributed by atoms with Crippen molar-refractivity contribution in [2.24, 2.45) is 4.99 Å². The first-order chi connectivity index (χ1) is 13.1. The molecule has 1 heterocycles. The summed E-state index contributed by atoms with van der Waals surface area (Å²) in [5.74, 6) is 1.58. The van der Waals surface area contributed by atoms with E-state index in [0.29, 0.717) is 25.6 Å². The summed E-state index contributed by atoms with van der Waals surface area (Å²) < 4.78 is 28.9. The van der Waals surface area contributed by atoms with Gasteiger partial charge in [-0.05, 0) is 19.1 Å². The van der Waals surface area contributed by atoms with E-state index in [0.717, 1.165) is 18.8 Å². The minimum absolute atomic E-state index is 0. The van der Waals surface area contributed by atoms with Gasteiger partial charge >= 0.3 is 0 Å². The summed E-state index contributed by atoms with van der Waals surface area (Å²) in [5.41, 5.74) is 0. The largest absolute Gasteiger partial charge is 0.357 e. The summed E-state index contributed by atoms with van der Waals surface area (Å²) in [7, 11) is -3.50. The van der Waals surface area contributed by atoms with Crippen molar-refractivity contribution < 1.29 is 8.42 Å². The predicted molar refractivity (Wildman–Crippen MR) is 120 cm³/mol. The van der Waals surface area contributed by atoms with E-state index in [1.807, 2.05) is 18.4 Å². The van der Waals surface area contributed by atoms with Crippen LogP contribution in [0.5, 0.6) is 0 Å². The molecule has 28 heavy (non-hydrogen) atoms. The third kappa shape index (κ3) is 7.72. The molecule has 2 rings (SSSR count). The van der Waals surface area contributed by atoms with Crippen LogP contribution in [0.25, 0.3) is 0 Å². The Kier molecular flexibility index (Phi) is 11.0. The fourth-order valence-electron chi connectivity index (χ4n) is 2.41. The molecule has 0 atom stereocenters. The molecule has 0 bridgehead atoms. The van der Waals surface area contributed by atoms with Gasteiger partial charge in [-0.1, -0.05) is 25.1 Å². The highest BCUT2D eigenvalue weighted by atomic mass is 127. The molecule has 11 heteroatoms. The first kappa shape index (κ1) is 24.3. The fourth-order valence-corrected chi connectivity index (χ4v) is 3.45. The van der Waals surface area contributed by atoms with Gasteiger partial charge in [0.1, 0.15) is 12.2 Å². The zero-order valence-electron chi connectivity index (χ0n) is 16.1. The number of hydrogen-bond acceptors (Lipinski definition) is 5. The Hall–Kier alpha value is -1.73. The van der Waals surface area contributed by atoms with Crippen LogP contribution in [0.2, 0.25) is 0 Å². The lowest BCUT2D eigenvalue weighted by Crippen LogP contribution is -2.39. The smallest absolute Gasteiger partial charge is 0.240 e. The number of nitrogens with one attached hydrogen (secondary N) is 3. The molecule has 0 aliphatic heterocycles. The molecule has 0 aliphatic carbocycles. The Morgan fingerprint density at radius 3 is 2.57 bits per heavy atom. The Morgan fingerprint density at radius 2 is 1.89 bits per heavy atom. The maximum absolute atomic E-state index is 12.2. The molecule has 9 nitrogen and oxygen atoms in total. The number of sulfonamides is 1.